The smallest absolute Gasteiger partial charge is 0.242 e. The minimum absolute atomic E-state index is 0. The molecule has 0 bridgehead atoms. The minimum atomic E-state index is -0.903. The van der Waals surface area contributed by atoms with Crippen LogP contribution in [0.3, 0.4) is 0 Å². The Hall–Kier alpha value is -0.790. The Kier molecular flexibility index (Phi) is 4.63. The first-order valence-corrected chi connectivity index (χ1v) is 5.89. The number of nitrogens with zero attached hydrogens (tertiary/aromatic N) is 1. The van der Waals surface area contributed by atoms with Gasteiger partial charge in [-0.25, -0.2) is 0 Å². The molecule has 1 aliphatic heterocycles. The number of carbonyl (C=O) groups excluding carboxylic acids is 2. The Morgan fingerprint density at radius 3 is 2.44 bits per heavy atom. The highest BCUT2D eigenvalue weighted by atomic mass is 32.1. The van der Waals surface area contributed by atoms with Crippen LogP contribution in [0.25, 0.3) is 0 Å². The van der Waals surface area contributed by atoms with E-state index in [4.69, 9.17) is 10.8 Å². The van der Waals surface area contributed by atoms with Crippen molar-refractivity contribution in [2.24, 2.45) is 11.1 Å². The van der Waals surface area contributed by atoms with E-state index in [2.05, 4.69) is 0 Å². The van der Waals surface area contributed by atoms with Crippen molar-refractivity contribution in [2.75, 3.05) is 13.2 Å². The van der Waals surface area contributed by atoms with Gasteiger partial charge < -0.3 is 20.8 Å². The van der Waals surface area contributed by atoms with Crippen LogP contribution in [-0.2, 0) is 9.59 Å². The molecule has 0 aromatic rings. The molecule has 1 heterocycles. The fourth-order valence-corrected chi connectivity index (χ4v) is 2.80. The topological polar surface area (TPSA) is 104 Å². The van der Waals surface area contributed by atoms with E-state index in [0.717, 1.165) is 0 Å². The van der Waals surface area contributed by atoms with E-state index in [9.17, 15) is 14.7 Å². The van der Waals surface area contributed by atoms with Crippen molar-refractivity contribution in [1.82, 2.24) is 4.90 Å². The Labute approximate surface area is 113 Å². The lowest BCUT2D eigenvalue weighted by molar-refractivity contribution is -0.174. The van der Waals surface area contributed by atoms with Crippen LogP contribution >= 0.6 is 13.5 Å². The van der Waals surface area contributed by atoms with E-state index < -0.39 is 24.0 Å². The molecular formula is C11H20N2O4S. The zero-order valence-electron chi connectivity index (χ0n) is 10.1. The van der Waals surface area contributed by atoms with E-state index >= 15 is 0 Å². The molecule has 6 nitrogen and oxygen atoms in total. The fourth-order valence-electron chi connectivity index (χ4n) is 2.80. The third kappa shape index (κ3) is 2.34. The van der Waals surface area contributed by atoms with Crippen LogP contribution in [0, 0.1) is 5.41 Å². The molecule has 18 heavy (non-hydrogen) atoms. The van der Waals surface area contributed by atoms with Crippen molar-refractivity contribution >= 4 is 25.3 Å². The number of carbonyl (C=O) groups is 2. The highest BCUT2D eigenvalue weighted by molar-refractivity contribution is 7.59. The number of β-lactam (4-membered cyclic amide) rings is 1. The normalized spacial score (nSPS) is 32.7. The highest BCUT2D eigenvalue weighted by Gasteiger charge is 2.55. The molecule has 0 aromatic heterocycles. The van der Waals surface area contributed by atoms with Gasteiger partial charge in [-0.1, -0.05) is 0 Å². The Morgan fingerprint density at radius 2 is 2.06 bits per heavy atom. The van der Waals surface area contributed by atoms with Crippen LogP contribution in [0.2, 0.25) is 0 Å². The Balaban J connectivity index is 0.00000162. The molecule has 1 aliphatic carbocycles. The van der Waals surface area contributed by atoms with Crippen LogP contribution in [-0.4, -0.2) is 52.2 Å². The number of amides is 2. The van der Waals surface area contributed by atoms with Gasteiger partial charge in [0.2, 0.25) is 11.8 Å². The summed E-state index contributed by atoms with van der Waals surface area (Å²) in [6.45, 7) is 0.0342. The summed E-state index contributed by atoms with van der Waals surface area (Å²) in [5, 5.41) is 18.5. The van der Waals surface area contributed by atoms with E-state index in [0.29, 0.717) is 32.2 Å². The summed E-state index contributed by atoms with van der Waals surface area (Å²) < 4.78 is 0. The van der Waals surface area contributed by atoms with Gasteiger partial charge in [-0.3, -0.25) is 9.59 Å². The Bertz CT molecular complexity index is 342. The fraction of sp³-hybridized carbons (Fsp3) is 0.818. The van der Waals surface area contributed by atoms with Crippen molar-refractivity contribution < 1.29 is 19.8 Å². The summed E-state index contributed by atoms with van der Waals surface area (Å²) >= 11 is 0. The summed E-state index contributed by atoms with van der Waals surface area (Å²) in [6, 6.07) is -0.903. The average molecular weight is 276 g/mol. The second kappa shape index (κ2) is 5.46. The maximum Gasteiger partial charge on any atom is 0.242 e. The minimum Gasteiger partial charge on any atom is -0.394 e. The van der Waals surface area contributed by atoms with Crippen molar-refractivity contribution in [3.05, 3.63) is 0 Å². The predicted molar refractivity (Wildman–Crippen MR) is 69.1 cm³/mol. The van der Waals surface area contributed by atoms with Crippen LogP contribution < -0.4 is 5.73 Å². The molecule has 104 valence electrons. The largest absolute Gasteiger partial charge is 0.394 e. The average Bonchev–Trinajstić information content (AvgIpc) is 2.30. The van der Waals surface area contributed by atoms with Crippen molar-refractivity contribution in [3.63, 3.8) is 0 Å². The molecule has 2 fully saturated rings. The molecule has 0 unspecified atom stereocenters. The molecule has 2 aliphatic rings. The molecule has 4 N–H and O–H groups in total. The lowest BCUT2D eigenvalue weighted by atomic mass is 9.66. The predicted octanol–water partition coefficient (Wildman–Crippen LogP) is -1.29. The van der Waals surface area contributed by atoms with Gasteiger partial charge in [-0.2, -0.15) is 13.5 Å². The summed E-state index contributed by atoms with van der Waals surface area (Å²) in [4.78, 5) is 24.5. The molecule has 1 atom stereocenters. The van der Waals surface area contributed by atoms with Gasteiger partial charge in [-0.05, 0) is 25.7 Å². The second-order valence-corrected chi connectivity index (χ2v) is 5.05. The third-order valence-corrected chi connectivity index (χ3v) is 3.98. The quantitative estimate of drug-likeness (QED) is 0.558. The van der Waals surface area contributed by atoms with Crippen molar-refractivity contribution in [2.45, 2.75) is 37.8 Å². The summed E-state index contributed by atoms with van der Waals surface area (Å²) in [5.41, 5.74) is 4.71. The Morgan fingerprint density at radius 1 is 1.50 bits per heavy atom. The summed E-state index contributed by atoms with van der Waals surface area (Å²) in [6.07, 6.45) is 2.24. The number of aliphatic hydroxyl groups excluding tert-OH is 2. The second-order valence-electron chi connectivity index (χ2n) is 5.05. The number of hydrogen-bond acceptors (Lipinski definition) is 4. The number of nitrogens with two attached hydrogens (primary N) is 1. The van der Waals surface area contributed by atoms with Crippen LogP contribution in [0.1, 0.15) is 25.7 Å². The number of hydrogen-bond donors (Lipinski definition) is 3. The van der Waals surface area contributed by atoms with E-state index in [1.807, 2.05) is 0 Å². The first kappa shape index (κ1) is 15.3. The van der Waals surface area contributed by atoms with Crippen LogP contribution in [0.15, 0.2) is 0 Å². The lowest BCUT2D eigenvalue weighted by Gasteiger charge is -2.53. The van der Waals surface area contributed by atoms with Crippen LogP contribution in [0.5, 0.6) is 0 Å². The van der Waals surface area contributed by atoms with Crippen molar-refractivity contribution in [1.29, 1.82) is 0 Å². The van der Waals surface area contributed by atoms with Gasteiger partial charge >= 0.3 is 0 Å². The van der Waals surface area contributed by atoms with Gasteiger partial charge in [0, 0.05) is 6.54 Å². The molecule has 1 saturated carbocycles. The number of likely N-dealkylation sites (tertiary alicyclic amines) is 1. The van der Waals surface area contributed by atoms with Gasteiger partial charge in [0.05, 0.1) is 18.1 Å². The van der Waals surface area contributed by atoms with E-state index in [-0.39, 0.29) is 25.5 Å². The van der Waals surface area contributed by atoms with Crippen molar-refractivity contribution in [3.8, 4) is 0 Å². The molecule has 0 aromatic carbocycles. The molecule has 2 rings (SSSR count). The van der Waals surface area contributed by atoms with E-state index in [1.54, 1.807) is 0 Å². The number of rotatable bonds is 3. The third-order valence-electron chi connectivity index (χ3n) is 3.98. The number of primary amides is 1. The molecule has 0 radical (unpaired) electrons. The molecule has 1 spiro atoms. The highest BCUT2D eigenvalue weighted by Crippen LogP contribution is 2.45. The van der Waals surface area contributed by atoms with Gasteiger partial charge in [0.15, 0.2) is 0 Å². The lowest BCUT2D eigenvalue weighted by Crippen LogP contribution is -2.68. The SMILES string of the molecule is NC(=O)[C@H](CO)N1CC2(CCC(O)CC2)C1=O.S. The molecule has 7 heteroatoms. The first-order chi connectivity index (χ1) is 8.00. The van der Waals surface area contributed by atoms with Crippen LogP contribution in [0.4, 0.5) is 0 Å². The van der Waals surface area contributed by atoms with Gasteiger partial charge in [0.25, 0.3) is 0 Å². The first-order valence-electron chi connectivity index (χ1n) is 5.89. The maximum absolute atomic E-state index is 12.1. The molecule has 1 saturated heterocycles. The standard InChI is InChI=1S/C11H18N2O4.H2S/c12-9(16)8(5-14)13-6-11(10(13)17)3-1-7(15)2-4-11;/h7-8,14-15H,1-6H2,(H2,12,16);1H2/t7?,8-,11?;/m0./s1. The maximum atomic E-state index is 12.1. The monoisotopic (exact) mass is 276 g/mol. The zero-order chi connectivity index (χ0) is 12.6. The van der Waals surface area contributed by atoms with Gasteiger partial charge in [-0.15, -0.1) is 0 Å². The summed E-state index contributed by atoms with van der Waals surface area (Å²) in [7, 11) is 0. The van der Waals surface area contributed by atoms with E-state index in [1.165, 1.54) is 4.90 Å². The van der Waals surface area contributed by atoms with Gasteiger partial charge in [0.1, 0.15) is 6.04 Å². The summed E-state index contributed by atoms with van der Waals surface area (Å²) in [5.74, 6) is -0.784. The molecular weight excluding hydrogens is 256 g/mol. The zero-order valence-corrected chi connectivity index (χ0v) is 11.1. The number of aliphatic hydroxyl groups is 2. The molecule has 2 amide bonds.